The molecule has 0 bridgehead atoms. The molecule has 2 aromatic rings. The molecule has 1 aliphatic heterocycles. The second-order valence-corrected chi connectivity index (χ2v) is 6.11. The number of amides is 1. The van der Waals surface area contributed by atoms with Gasteiger partial charge in [0.15, 0.2) is 6.10 Å². The smallest absolute Gasteiger partial charge is 0.408 e. The molecule has 0 saturated carbocycles. The molecule has 1 aliphatic rings. The van der Waals surface area contributed by atoms with Crippen LogP contribution in [-0.4, -0.2) is 39.8 Å². The third-order valence-corrected chi connectivity index (χ3v) is 4.45. The molecule has 2 N–H and O–H groups in total. The van der Waals surface area contributed by atoms with Crippen molar-refractivity contribution in [1.82, 2.24) is 4.90 Å². The van der Waals surface area contributed by atoms with Crippen LogP contribution in [0.15, 0.2) is 42.5 Å². The molecule has 0 radical (unpaired) electrons. The molecule has 136 valence electrons. The highest BCUT2D eigenvalue weighted by Crippen LogP contribution is 2.39. The number of benzene rings is 2. The first-order valence-electron chi connectivity index (χ1n) is 8.14. The number of aliphatic carboxylic acids is 1. The molecule has 2 aromatic carbocycles. The van der Waals surface area contributed by atoms with Crippen LogP contribution in [0, 0.1) is 5.82 Å². The minimum absolute atomic E-state index is 0.147. The highest BCUT2D eigenvalue weighted by molar-refractivity contribution is 5.72. The lowest BCUT2D eigenvalue weighted by molar-refractivity contribution is -0.144. The van der Waals surface area contributed by atoms with E-state index in [-0.39, 0.29) is 17.9 Å². The lowest BCUT2D eigenvalue weighted by Gasteiger charge is -2.36. The maximum absolute atomic E-state index is 14.0. The van der Waals surface area contributed by atoms with Crippen LogP contribution < -0.4 is 4.74 Å². The van der Waals surface area contributed by atoms with Crippen LogP contribution in [0.2, 0.25) is 0 Å². The molecule has 1 heterocycles. The normalized spacial score (nSPS) is 17.3. The van der Waals surface area contributed by atoms with Gasteiger partial charge in [0, 0.05) is 12.1 Å². The van der Waals surface area contributed by atoms with Crippen LogP contribution in [0.5, 0.6) is 5.75 Å². The molecule has 0 saturated heterocycles. The van der Waals surface area contributed by atoms with Gasteiger partial charge in [-0.3, -0.25) is 4.90 Å². The summed E-state index contributed by atoms with van der Waals surface area (Å²) in [6.45, 7) is 1.61. The third kappa shape index (κ3) is 3.33. The molecule has 2 atom stereocenters. The summed E-state index contributed by atoms with van der Waals surface area (Å²) in [5, 5.41) is 18.7. The van der Waals surface area contributed by atoms with Crippen LogP contribution in [0.1, 0.15) is 29.7 Å². The quantitative estimate of drug-likeness (QED) is 0.875. The van der Waals surface area contributed by atoms with Gasteiger partial charge in [-0.2, -0.15) is 0 Å². The molecule has 0 aliphatic carbocycles. The second kappa shape index (κ2) is 7.03. The third-order valence-electron chi connectivity index (χ3n) is 4.45. The van der Waals surface area contributed by atoms with Crippen molar-refractivity contribution in [3.05, 3.63) is 65.0 Å². The Morgan fingerprint density at radius 2 is 1.92 bits per heavy atom. The number of rotatable bonds is 4. The van der Waals surface area contributed by atoms with E-state index in [9.17, 15) is 19.1 Å². The minimum atomic E-state index is -1.17. The van der Waals surface area contributed by atoms with Crippen molar-refractivity contribution in [2.45, 2.75) is 25.5 Å². The van der Waals surface area contributed by atoms with E-state index in [4.69, 9.17) is 9.84 Å². The maximum Gasteiger partial charge on any atom is 0.408 e. The van der Waals surface area contributed by atoms with Gasteiger partial charge >= 0.3 is 12.1 Å². The van der Waals surface area contributed by atoms with E-state index >= 15 is 0 Å². The van der Waals surface area contributed by atoms with Crippen molar-refractivity contribution in [3.63, 3.8) is 0 Å². The van der Waals surface area contributed by atoms with Crippen LogP contribution in [0.3, 0.4) is 0 Å². The summed E-state index contributed by atoms with van der Waals surface area (Å²) in [5.41, 5.74) is 1.99. The van der Waals surface area contributed by atoms with E-state index in [1.807, 2.05) is 12.1 Å². The fourth-order valence-electron chi connectivity index (χ4n) is 3.19. The fraction of sp³-hybridized carbons (Fsp3) is 0.263. The topological polar surface area (TPSA) is 87.1 Å². The SMILES string of the molecule is C[C@H](Oc1ccc(F)cc1C1c2ccccc2CCN1C(=O)O)C(=O)O. The van der Waals surface area contributed by atoms with Gasteiger partial charge in [-0.15, -0.1) is 0 Å². The summed E-state index contributed by atoms with van der Waals surface area (Å²) in [4.78, 5) is 24.1. The largest absolute Gasteiger partial charge is 0.479 e. The van der Waals surface area contributed by atoms with E-state index in [0.717, 1.165) is 17.2 Å². The number of nitrogens with zero attached hydrogens (tertiary/aromatic N) is 1. The van der Waals surface area contributed by atoms with Crippen molar-refractivity contribution in [3.8, 4) is 5.75 Å². The molecule has 7 heteroatoms. The Bertz CT molecular complexity index is 854. The zero-order chi connectivity index (χ0) is 18.8. The first-order valence-corrected chi connectivity index (χ1v) is 8.14. The second-order valence-electron chi connectivity index (χ2n) is 6.11. The van der Waals surface area contributed by atoms with Crippen LogP contribution in [0.4, 0.5) is 9.18 Å². The Morgan fingerprint density at radius 1 is 1.19 bits per heavy atom. The van der Waals surface area contributed by atoms with Crippen LogP contribution >= 0.6 is 0 Å². The minimum Gasteiger partial charge on any atom is -0.479 e. The van der Waals surface area contributed by atoms with Gasteiger partial charge < -0.3 is 14.9 Å². The number of halogens is 1. The van der Waals surface area contributed by atoms with Gasteiger partial charge in [0.1, 0.15) is 11.6 Å². The number of hydrogen-bond donors (Lipinski definition) is 2. The van der Waals surface area contributed by atoms with E-state index < -0.39 is 30.0 Å². The van der Waals surface area contributed by atoms with Gasteiger partial charge in [-0.05, 0) is 42.7 Å². The van der Waals surface area contributed by atoms with Crippen LogP contribution in [-0.2, 0) is 11.2 Å². The van der Waals surface area contributed by atoms with Crippen molar-refractivity contribution < 1.29 is 28.9 Å². The Balaban J connectivity index is 2.14. The lowest BCUT2D eigenvalue weighted by atomic mass is 9.88. The number of carboxylic acids is 1. The van der Waals surface area contributed by atoms with Crippen molar-refractivity contribution >= 4 is 12.1 Å². The summed E-state index contributed by atoms with van der Waals surface area (Å²) in [7, 11) is 0. The molecular weight excluding hydrogens is 341 g/mol. The Kier molecular flexibility index (Phi) is 4.79. The Hall–Kier alpha value is -3.09. The molecule has 6 nitrogen and oxygen atoms in total. The Morgan fingerprint density at radius 3 is 2.62 bits per heavy atom. The number of carbonyl (C=O) groups is 2. The molecule has 0 aromatic heterocycles. The van der Waals surface area contributed by atoms with Gasteiger partial charge in [0.25, 0.3) is 0 Å². The van der Waals surface area contributed by atoms with E-state index in [2.05, 4.69) is 0 Å². The number of ether oxygens (including phenoxy) is 1. The van der Waals surface area contributed by atoms with E-state index in [1.165, 1.54) is 24.0 Å². The fourth-order valence-corrected chi connectivity index (χ4v) is 3.19. The van der Waals surface area contributed by atoms with E-state index in [0.29, 0.717) is 6.42 Å². The molecule has 0 fully saturated rings. The zero-order valence-corrected chi connectivity index (χ0v) is 14.1. The summed E-state index contributed by atoms with van der Waals surface area (Å²) in [5.74, 6) is -1.57. The van der Waals surface area contributed by atoms with E-state index in [1.54, 1.807) is 12.1 Å². The van der Waals surface area contributed by atoms with Crippen molar-refractivity contribution in [1.29, 1.82) is 0 Å². The Labute approximate surface area is 149 Å². The average molecular weight is 359 g/mol. The summed E-state index contributed by atoms with van der Waals surface area (Å²) >= 11 is 0. The molecule has 1 amide bonds. The number of hydrogen-bond acceptors (Lipinski definition) is 3. The molecule has 26 heavy (non-hydrogen) atoms. The summed E-state index contributed by atoms with van der Waals surface area (Å²) in [6.07, 6.45) is -1.74. The first-order chi connectivity index (χ1) is 12.4. The average Bonchev–Trinajstić information content (AvgIpc) is 2.62. The summed E-state index contributed by atoms with van der Waals surface area (Å²) < 4.78 is 19.4. The van der Waals surface area contributed by atoms with Gasteiger partial charge in [-0.1, -0.05) is 24.3 Å². The molecular formula is C19H18FNO5. The summed E-state index contributed by atoms with van der Waals surface area (Å²) in [6, 6.07) is 10.3. The van der Waals surface area contributed by atoms with Gasteiger partial charge in [0.2, 0.25) is 0 Å². The number of fused-ring (bicyclic) bond motifs is 1. The standard InChI is InChI=1S/C19H18FNO5/c1-11(18(22)23)26-16-7-6-13(20)10-15(16)17-14-5-3-2-4-12(14)8-9-21(17)19(24)25/h2-7,10-11,17H,8-9H2,1H3,(H,22,23)(H,24,25)/t11-,17?/m0/s1. The van der Waals surface area contributed by atoms with Crippen LogP contribution in [0.25, 0.3) is 0 Å². The lowest BCUT2D eigenvalue weighted by Crippen LogP contribution is -2.40. The predicted octanol–water partition coefficient (Wildman–Crippen LogP) is 3.30. The maximum atomic E-state index is 14.0. The van der Waals surface area contributed by atoms with Crippen molar-refractivity contribution in [2.75, 3.05) is 6.54 Å². The number of carboxylic acid groups (broad SMARTS) is 2. The van der Waals surface area contributed by atoms with Gasteiger partial charge in [-0.25, -0.2) is 14.0 Å². The highest BCUT2D eigenvalue weighted by Gasteiger charge is 2.34. The molecule has 3 rings (SSSR count). The predicted molar refractivity (Wildman–Crippen MR) is 90.8 cm³/mol. The first kappa shape index (κ1) is 17.7. The van der Waals surface area contributed by atoms with Crippen molar-refractivity contribution in [2.24, 2.45) is 0 Å². The highest BCUT2D eigenvalue weighted by atomic mass is 19.1. The zero-order valence-electron chi connectivity index (χ0n) is 14.1. The monoisotopic (exact) mass is 359 g/mol. The molecule has 0 spiro atoms. The van der Waals surface area contributed by atoms with Gasteiger partial charge in [0.05, 0.1) is 6.04 Å². The molecule has 1 unspecified atom stereocenters.